The number of aromatic nitrogens is 4. The number of pyridine rings is 1. The number of carbonyl (C=O) groups is 3. The highest BCUT2D eigenvalue weighted by atomic mass is 19.3. The number of alkyl halides is 2. The Labute approximate surface area is 363 Å². The minimum Gasteiger partial charge on any atom is -0.444 e. The molecule has 5 aromatic rings. The van der Waals surface area contributed by atoms with Crippen LogP contribution in [0, 0.1) is 5.92 Å². The van der Waals surface area contributed by atoms with Crippen LogP contribution < -0.4 is 31.1 Å². The van der Waals surface area contributed by atoms with E-state index in [1.807, 2.05) is 38.2 Å². The van der Waals surface area contributed by atoms with Crippen LogP contribution in [-0.2, 0) is 25.5 Å². The zero-order valence-corrected chi connectivity index (χ0v) is 35.3. The maximum Gasteiger partial charge on any atom is 0.284 e. The molecule has 2 aromatic carbocycles. The van der Waals surface area contributed by atoms with E-state index >= 15 is 0 Å². The lowest BCUT2D eigenvalue weighted by Gasteiger charge is -2.31. The summed E-state index contributed by atoms with van der Waals surface area (Å²) in [6.45, 7) is 6.09. The number of nitrogens with zero attached hydrogens (tertiary/aromatic N) is 6. The third-order valence-corrected chi connectivity index (χ3v) is 11.4. The number of amides is 3. The van der Waals surface area contributed by atoms with Crippen LogP contribution in [0.2, 0.25) is 0 Å². The molecule has 16 nitrogen and oxygen atoms in total. The molecule has 5 heterocycles. The van der Waals surface area contributed by atoms with Gasteiger partial charge in [0.1, 0.15) is 18.1 Å². The van der Waals surface area contributed by atoms with Gasteiger partial charge in [-0.25, -0.2) is 23.4 Å². The first-order chi connectivity index (χ1) is 30.6. The fourth-order valence-corrected chi connectivity index (χ4v) is 7.85. The number of imide groups is 1. The number of benzene rings is 2. The number of rotatable bonds is 21. The lowest BCUT2D eigenvalue weighted by atomic mass is 10.0. The van der Waals surface area contributed by atoms with Gasteiger partial charge in [-0.3, -0.25) is 19.7 Å². The fourth-order valence-electron chi connectivity index (χ4n) is 7.85. The zero-order valence-electron chi connectivity index (χ0n) is 35.3. The first kappa shape index (κ1) is 43.4. The first-order valence-electron chi connectivity index (χ1n) is 21.4. The van der Waals surface area contributed by atoms with Crippen molar-refractivity contribution >= 4 is 40.6 Å². The van der Waals surface area contributed by atoms with Gasteiger partial charge in [-0.2, -0.15) is 5.10 Å². The Morgan fingerprint density at radius 3 is 2.62 bits per heavy atom. The average Bonchev–Trinajstić information content (AvgIpc) is 3.63. The Morgan fingerprint density at radius 2 is 1.84 bits per heavy atom. The van der Waals surface area contributed by atoms with Gasteiger partial charge in [0, 0.05) is 51.0 Å². The van der Waals surface area contributed by atoms with Crippen LogP contribution in [0.3, 0.4) is 0 Å². The highest BCUT2D eigenvalue weighted by Gasteiger charge is 2.37. The molecule has 2 atom stereocenters. The number of fused-ring (bicyclic) bond motifs is 1. The van der Waals surface area contributed by atoms with Gasteiger partial charge in [-0.15, -0.1) is 0 Å². The van der Waals surface area contributed by atoms with Crippen LogP contribution in [0.4, 0.5) is 31.7 Å². The van der Waals surface area contributed by atoms with Gasteiger partial charge in [0.2, 0.25) is 17.7 Å². The summed E-state index contributed by atoms with van der Waals surface area (Å²) in [4.78, 5) is 50.2. The highest BCUT2D eigenvalue weighted by molar-refractivity contribution is 6.03. The van der Waals surface area contributed by atoms with Crippen molar-refractivity contribution in [1.82, 2.24) is 30.4 Å². The summed E-state index contributed by atoms with van der Waals surface area (Å²) >= 11 is 0. The SMILES string of the molecule is CC(NCCOCCOCCCc1cccc2c1N(C)CN2C1CCC(=O)NC1=O)c1ccc(-n2cc(NC(=O)c3coc(-c4ccnc(NCC5CC5)c4)n3)c(C(F)F)n2)cc1. The Balaban J connectivity index is 0.741. The predicted octanol–water partition coefficient (Wildman–Crippen LogP) is 6.27. The van der Waals surface area contributed by atoms with Gasteiger partial charge in [-0.1, -0.05) is 24.3 Å². The van der Waals surface area contributed by atoms with Crippen molar-refractivity contribution in [3.63, 3.8) is 0 Å². The van der Waals surface area contributed by atoms with E-state index < -0.39 is 18.0 Å². The van der Waals surface area contributed by atoms with E-state index in [0.717, 1.165) is 36.3 Å². The van der Waals surface area contributed by atoms with Crippen LogP contribution in [0.5, 0.6) is 0 Å². The Morgan fingerprint density at radius 1 is 1.03 bits per heavy atom. The molecule has 332 valence electrons. The average molecular weight is 867 g/mol. The lowest BCUT2D eigenvalue weighted by molar-refractivity contribution is -0.134. The summed E-state index contributed by atoms with van der Waals surface area (Å²) < 4.78 is 46.7. The lowest BCUT2D eigenvalue weighted by Crippen LogP contribution is -2.53. The second-order valence-electron chi connectivity index (χ2n) is 16.1. The summed E-state index contributed by atoms with van der Waals surface area (Å²) in [6.07, 6.45) is 6.17. The number of anilines is 4. The molecule has 1 saturated heterocycles. The van der Waals surface area contributed by atoms with Gasteiger partial charge < -0.3 is 39.6 Å². The molecule has 1 saturated carbocycles. The molecule has 0 bridgehead atoms. The number of ether oxygens (including phenoxy) is 2. The van der Waals surface area contributed by atoms with Gasteiger partial charge in [-0.05, 0) is 86.4 Å². The zero-order chi connectivity index (χ0) is 43.9. The van der Waals surface area contributed by atoms with Crippen molar-refractivity contribution < 1.29 is 37.1 Å². The van der Waals surface area contributed by atoms with E-state index in [4.69, 9.17) is 13.9 Å². The summed E-state index contributed by atoms with van der Waals surface area (Å²) in [6, 6.07) is 16.6. The molecule has 2 aliphatic heterocycles. The van der Waals surface area contributed by atoms with E-state index in [2.05, 4.69) is 52.2 Å². The second kappa shape index (κ2) is 19.9. The monoisotopic (exact) mass is 866 g/mol. The number of para-hydroxylation sites is 1. The first-order valence-corrected chi connectivity index (χ1v) is 21.4. The molecule has 3 aliphatic rings. The molecule has 4 N–H and O–H groups in total. The van der Waals surface area contributed by atoms with Crippen LogP contribution in [0.1, 0.15) is 78.8 Å². The smallest absolute Gasteiger partial charge is 0.284 e. The largest absolute Gasteiger partial charge is 0.444 e. The number of aryl methyl sites for hydroxylation is 1. The molecule has 2 fully saturated rings. The van der Waals surface area contributed by atoms with Gasteiger partial charge >= 0.3 is 0 Å². The minimum atomic E-state index is -2.93. The minimum absolute atomic E-state index is 0.0114. The van der Waals surface area contributed by atoms with E-state index in [1.54, 1.807) is 30.5 Å². The van der Waals surface area contributed by atoms with E-state index in [9.17, 15) is 23.2 Å². The molecule has 2 unspecified atom stereocenters. The van der Waals surface area contributed by atoms with Crippen LogP contribution in [-0.4, -0.2) is 96.7 Å². The molecule has 63 heavy (non-hydrogen) atoms. The topological polar surface area (TPSA) is 181 Å². The van der Waals surface area contributed by atoms with Crippen molar-refractivity contribution in [2.24, 2.45) is 5.92 Å². The summed E-state index contributed by atoms with van der Waals surface area (Å²) in [5, 5.41) is 15.8. The maximum atomic E-state index is 14.1. The number of hydrogen-bond donors (Lipinski definition) is 4. The van der Waals surface area contributed by atoms with Crippen molar-refractivity contribution in [1.29, 1.82) is 0 Å². The van der Waals surface area contributed by atoms with Crippen LogP contribution >= 0.6 is 0 Å². The van der Waals surface area contributed by atoms with Crippen molar-refractivity contribution in [2.75, 3.05) is 73.7 Å². The van der Waals surface area contributed by atoms with Crippen molar-refractivity contribution in [3.05, 3.63) is 95.8 Å². The third-order valence-electron chi connectivity index (χ3n) is 11.4. The van der Waals surface area contributed by atoms with Crippen LogP contribution in [0.25, 0.3) is 17.1 Å². The molecule has 18 heteroatoms. The standard InChI is InChI=1S/C45H52F2N10O6/c1-28(48-18-20-62-22-21-61-19-4-6-31-5-3-7-36-41(31)55(2)27-56(36)37-14-15-39(58)53-44(37)60)30-10-12-33(13-11-30)57-25-34(40(54-57)42(46)47)51-43(59)35-26-63-45(52-35)32-16-17-49-38(23-32)50-24-29-8-9-29/h3,5,7,10-13,16-17,23,25-26,28-29,37,42,48H,4,6,8-9,14-15,18-22,24,27H2,1-2H3,(H,49,50)(H,51,59)(H,53,58,60). The number of halogens is 2. The molecule has 8 rings (SSSR count). The molecule has 1 aliphatic carbocycles. The summed E-state index contributed by atoms with van der Waals surface area (Å²) in [5.41, 5.74) is 4.71. The molecule has 3 amide bonds. The Hall–Kier alpha value is -6.24. The van der Waals surface area contributed by atoms with Crippen molar-refractivity contribution in [2.45, 2.75) is 64.0 Å². The number of hydrogen-bond acceptors (Lipinski definition) is 13. The normalized spacial score (nSPS) is 16.7. The molecular formula is C45H52F2N10O6. The molecule has 3 aromatic heterocycles. The number of carbonyl (C=O) groups excluding carboxylic acids is 3. The molecule has 0 spiro atoms. The molecule has 0 radical (unpaired) electrons. The number of nitrogens with one attached hydrogen (secondary N) is 4. The van der Waals surface area contributed by atoms with E-state index in [-0.39, 0.29) is 41.2 Å². The fraction of sp³-hybridized carbons (Fsp3) is 0.422. The molecular weight excluding hydrogens is 815 g/mol. The van der Waals surface area contributed by atoms with Gasteiger partial charge in [0.15, 0.2) is 11.4 Å². The second-order valence-corrected chi connectivity index (χ2v) is 16.1. The van der Waals surface area contributed by atoms with Crippen molar-refractivity contribution in [3.8, 4) is 17.1 Å². The van der Waals surface area contributed by atoms with Gasteiger partial charge in [0.05, 0.1) is 55.4 Å². The predicted molar refractivity (Wildman–Crippen MR) is 232 cm³/mol. The summed E-state index contributed by atoms with van der Waals surface area (Å²) in [5.74, 6) is 0.383. The highest BCUT2D eigenvalue weighted by Crippen LogP contribution is 2.40. The third kappa shape index (κ3) is 10.7. The Kier molecular flexibility index (Phi) is 13.7. The maximum absolute atomic E-state index is 14.1. The van der Waals surface area contributed by atoms with E-state index in [0.29, 0.717) is 75.5 Å². The number of piperidine rings is 1. The van der Waals surface area contributed by atoms with Crippen LogP contribution in [0.15, 0.2) is 77.7 Å². The quantitative estimate of drug-likeness (QED) is 0.0479. The number of oxazole rings is 1. The Bertz CT molecular complexity index is 2390. The van der Waals surface area contributed by atoms with E-state index in [1.165, 1.54) is 35.5 Å². The summed E-state index contributed by atoms with van der Waals surface area (Å²) in [7, 11) is 2.02. The van der Waals surface area contributed by atoms with Gasteiger partial charge in [0.25, 0.3) is 12.3 Å².